The lowest BCUT2D eigenvalue weighted by Crippen LogP contribution is -2.25. The van der Waals surface area contributed by atoms with Crippen LogP contribution in [0, 0.1) is 11.3 Å². The first-order chi connectivity index (χ1) is 19.1. The van der Waals surface area contributed by atoms with Crippen LogP contribution in [0.3, 0.4) is 0 Å². The van der Waals surface area contributed by atoms with Crippen LogP contribution in [0.2, 0.25) is 0 Å². The molecule has 1 unspecified atom stereocenters. The van der Waals surface area contributed by atoms with E-state index in [-0.39, 0.29) is 11.5 Å². The van der Waals surface area contributed by atoms with E-state index in [0.717, 1.165) is 22.4 Å². The molecule has 2 N–H and O–H groups in total. The summed E-state index contributed by atoms with van der Waals surface area (Å²) in [6.45, 7) is 1.90. The summed E-state index contributed by atoms with van der Waals surface area (Å²) >= 11 is 1.25. The van der Waals surface area contributed by atoms with Crippen molar-refractivity contribution in [1.29, 1.82) is 5.26 Å². The standard InChI is InChI=1S/C31H25N5O2S/c1-2-27(30(38)34-28-19-29(37)36(35-28)23-16-10-5-11-17-23)39-31-25(20-32)24(21-12-6-3-7-13-21)18-26(33-31)22-14-8-4-9-15-22/h3-19,27,35H,2H2,1H3,(H,34,38). The zero-order valence-electron chi connectivity index (χ0n) is 21.2. The maximum atomic E-state index is 13.3. The summed E-state index contributed by atoms with van der Waals surface area (Å²) in [6.07, 6.45) is 0.489. The molecular formula is C31H25N5O2S. The number of nitrogens with zero attached hydrogens (tertiary/aromatic N) is 3. The Bertz CT molecular complexity index is 1690. The maximum absolute atomic E-state index is 13.3. The Hall–Kier alpha value is -4.87. The van der Waals surface area contributed by atoms with Gasteiger partial charge in [-0.15, -0.1) is 0 Å². The Balaban J connectivity index is 1.48. The molecule has 0 aliphatic carbocycles. The first-order valence-corrected chi connectivity index (χ1v) is 13.4. The van der Waals surface area contributed by atoms with E-state index in [0.29, 0.717) is 28.5 Å². The Kier molecular flexibility index (Phi) is 7.71. The van der Waals surface area contributed by atoms with Crippen molar-refractivity contribution in [2.75, 3.05) is 5.32 Å². The number of carbonyl (C=O) groups is 1. The monoisotopic (exact) mass is 531 g/mol. The molecule has 0 radical (unpaired) electrons. The van der Waals surface area contributed by atoms with E-state index in [1.54, 1.807) is 12.1 Å². The van der Waals surface area contributed by atoms with Crippen LogP contribution in [0.4, 0.5) is 5.82 Å². The molecule has 0 bridgehead atoms. The molecule has 0 aliphatic rings. The molecule has 0 saturated carbocycles. The Morgan fingerprint density at radius 3 is 2.21 bits per heavy atom. The third kappa shape index (κ3) is 5.69. The van der Waals surface area contributed by atoms with Crippen LogP contribution in [-0.2, 0) is 4.79 Å². The van der Waals surface area contributed by atoms with Gasteiger partial charge in [-0.05, 0) is 30.2 Å². The minimum absolute atomic E-state index is 0.284. The number of thioether (sulfide) groups is 1. The Morgan fingerprint density at radius 1 is 0.974 bits per heavy atom. The number of hydrogen-bond donors (Lipinski definition) is 2. The fourth-order valence-corrected chi connectivity index (χ4v) is 5.24. The van der Waals surface area contributed by atoms with Crippen LogP contribution in [0.5, 0.6) is 0 Å². The van der Waals surface area contributed by atoms with Gasteiger partial charge in [0.25, 0.3) is 5.56 Å². The number of nitrogens with one attached hydrogen (secondary N) is 2. The number of aromatic nitrogens is 3. The van der Waals surface area contributed by atoms with E-state index in [9.17, 15) is 14.9 Å². The molecule has 5 rings (SSSR count). The summed E-state index contributed by atoms with van der Waals surface area (Å²) in [5.74, 6) is 0.00501. The second-order valence-electron chi connectivity index (χ2n) is 8.76. The predicted octanol–water partition coefficient (Wildman–Crippen LogP) is 6.28. The third-order valence-corrected chi connectivity index (χ3v) is 7.51. The molecule has 1 amide bonds. The van der Waals surface area contributed by atoms with Crippen molar-refractivity contribution in [1.82, 2.24) is 14.8 Å². The van der Waals surface area contributed by atoms with Crippen LogP contribution in [0.1, 0.15) is 18.9 Å². The zero-order chi connectivity index (χ0) is 27.2. The van der Waals surface area contributed by atoms with Gasteiger partial charge in [0.15, 0.2) is 0 Å². The number of benzene rings is 3. The van der Waals surface area contributed by atoms with Gasteiger partial charge in [0, 0.05) is 17.2 Å². The Labute approximate surface area is 230 Å². The summed E-state index contributed by atoms with van der Waals surface area (Å²) < 4.78 is 1.37. The van der Waals surface area contributed by atoms with Crippen molar-refractivity contribution in [3.05, 3.63) is 119 Å². The highest BCUT2D eigenvalue weighted by atomic mass is 32.2. The van der Waals surface area contributed by atoms with E-state index in [1.807, 2.05) is 91.9 Å². The van der Waals surface area contributed by atoms with Crippen LogP contribution < -0.4 is 10.9 Å². The lowest BCUT2D eigenvalue weighted by Gasteiger charge is -2.17. The molecule has 39 heavy (non-hydrogen) atoms. The summed E-state index contributed by atoms with van der Waals surface area (Å²) in [5, 5.41) is 15.9. The number of aromatic amines is 1. The minimum Gasteiger partial charge on any atom is -0.310 e. The normalized spacial score (nSPS) is 11.5. The fourth-order valence-electron chi connectivity index (χ4n) is 4.22. The predicted molar refractivity (Wildman–Crippen MR) is 155 cm³/mol. The molecule has 3 aromatic carbocycles. The largest absolute Gasteiger partial charge is 0.310 e. The molecule has 1 atom stereocenters. The van der Waals surface area contributed by atoms with E-state index in [4.69, 9.17) is 4.98 Å². The second kappa shape index (κ2) is 11.7. The third-order valence-electron chi connectivity index (χ3n) is 6.16. The van der Waals surface area contributed by atoms with Crippen molar-refractivity contribution >= 4 is 23.5 Å². The molecule has 0 fully saturated rings. The number of carbonyl (C=O) groups excluding carboxylic acids is 1. The molecular weight excluding hydrogens is 506 g/mol. The minimum atomic E-state index is -0.553. The molecule has 8 heteroatoms. The molecule has 2 heterocycles. The molecule has 7 nitrogen and oxygen atoms in total. The highest BCUT2D eigenvalue weighted by Gasteiger charge is 2.24. The quantitative estimate of drug-likeness (QED) is 0.230. The average molecular weight is 532 g/mol. The molecule has 0 saturated heterocycles. The smallest absolute Gasteiger partial charge is 0.273 e. The van der Waals surface area contributed by atoms with Gasteiger partial charge in [0.05, 0.1) is 22.2 Å². The SMILES string of the molecule is CCC(Sc1nc(-c2ccccc2)cc(-c2ccccc2)c1C#N)C(=O)Nc1cc(=O)n(-c2ccccc2)[nH]1. The number of para-hydroxylation sites is 1. The highest BCUT2D eigenvalue weighted by Crippen LogP contribution is 2.36. The van der Waals surface area contributed by atoms with Gasteiger partial charge in [-0.1, -0.05) is 97.5 Å². The fraction of sp³-hybridized carbons (Fsp3) is 0.0968. The lowest BCUT2D eigenvalue weighted by molar-refractivity contribution is -0.115. The van der Waals surface area contributed by atoms with Gasteiger partial charge >= 0.3 is 0 Å². The molecule has 2 aromatic heterocycles. The van der Waals surface area contributed by atoms with Gasteiger partial charge in [-0.3, -0.25) is 14.7 Å². The topological polar surface area (TPSA) is 104 Å². The number of hydrogen-bond acceptors (Lipinski definition) is 5. The van der Waals surface area contributed by atoms with Crippen molar-refractivity contribution < 1.29 is 4.79 Å². The van der Waals surface area contributed by atoms with Crippen molar-refractivity contribution in [3.63, 3.8) is 0 Å². The number of rotatable bonds is 8. The first kappa shape index (κ1) is 25.8. The number of nitriles is 1. The number of H-pyrrole nitrogens is 1. The van der Waals surface area contributed by atoms with Crippen molar-refractivity contribution in [3.8, 4) is 34.1 Å². The number of amides is 1. The van der Waals surface area contributed by atoms with E-state index in [1.165, 1.54) is 22.5 Å². The number of anilines is 1. The molecule has 0 aliphatic heterocycles. The second-order valence-corrected chi connectivity index (χ2v) is 9.95. The highest BCUT2D eigenvalue weighted by molar-refractivity contribution is 8.00. The lowest BCUT2D eigenvalue weighted by atomic mass is 9.99. The number of pyridine rings is 1. The van der Waals surface area contributed by atoms with Crippen LogP contribution in [0.15, 0.2) is 113 Å². The zero-order valence-corrected chi connectivity index (χ0v) is 22.0. The van der Waals surface area contributed by atoms with Crippen molar-refractivity contribution in [2.24, 2.45) is 0 Å². The first-order valence-electron chi connectivity index (χ1n) is 12.5. The van der Waals surface area contributed by atoms with E-state index >= 15 is 0 Å². The van der Waals surface area contributed by atoms with E-state index < -0.39 is 5.25 Å². The van der Waals surface area contributed by atoms with E-state index in [2.05, 4.69) is 16.5 Å². The maximum Gasteiger partial charge on any atom is 0.273 e. The molecule has 192 valence electrons. The summed E-state index contributed by atoms with van der Waals surface area (Å²) in [4.78, 5) is 30.7. The summed E-state index contributed by atoms with van der Waals surface area (Å²) in [6, 6.07) is 34.2. The summed E-state index contributed by atoms with van der Waals surface area (Å²) in [5.41, 5.74) is 4.09. The van der Waals surface area contributed by atoms with Gasteiger partial charge in [-0.25, -0.2) is 9.67 Å². The summed E-state index contributed by atoms with van der Waals surface area (Å²) in [7, 11) is 0. The molecule has 0 spiro atoms. The van der Waals surface area contributed by atoms with Crippen LogP contribution in [0.25, 0.3) is 28.1 Å². The van der Waals surface area contributed by atoms with Crippen LogP contribution in [-0.4, -0.2) is 25.9 Å². The molecule has 5 aromatic rings. The van der Waals surface area contributed by atoms with Gasteiger partial charge in [-0.2, -0.15) is 5.26 Å². The van der Waals surface area contributed by atoms with Crippen molar-refractivity contribution in [2.45, 2.75) is 23.6 Å². The average Bonchev–Trinajstić information content (AvgIpc) is 3.36. The van der Waals surface area contributed by atoms with Gasteiger partial charge in [0.2, 0.25) is 5.91 Å². The van der Waals surface area contributed by atoms with Gasteiger partial charge < -0.3 is 5.32 Å². The Morgan fingerprint density at radius 2 is 1.59 bits per heavy atom. The van der Waals surface area contributed by atoms with Crippen LogP contribution >= 0.6 is 11.8 Å². The van der Waals surface area contributed by atoms with Gasteiger partial charge in [0.1, 0.15) is 16.9 Å².